The minimum Gasteiger partial charge on any atom is -0.495 e. The zero-order valence-corrected chi connectivity index (χ0v) is 16.0. The van der Waals surface area contributed by atoms with Crippen LogP contribution in [0.25, 0.3) is 0 Å². The molecule has 3 aromatic rings. The highest BCUT2D eigenvalue weighted by atomic mass is 32.2. The molecule has 0 aliphatic heterocycles. The van der Waals surface area contributed by atoms with Gasteiger partial charge in [0, 0.05) is 17.3 Å². The largest absolute Gasteiger partial charge is 0.495 e. The molecule has 0 saturated heterocycles. The van der Waals surface area contributed by atoms with Crippen LogP contribution in [0.15, 0.2) is 71.6 Å². The average Bonchev–Trinajstić information content (AvgIpc) is 2.67. The van der Waals surface area contributed by atoms with Gasteiger partial charge in [0.1, 0.15) is 17.4 Å². The van der Waals surface area contributed by atoms with Crippen LogP contribution in [0, 0.1) is 11.6 Å². The highest BCUT2D eigenvalue weighted by Crippen LogP contribution is 2.27. The Balaban J connectivity index is 1.84. The van der Waals surface area contributed by atoms with Gasteiger partial charge in [-0.25, -0.2) is 17.2 Å². The van der Waals surface area contributed by atoms with E-state index in [0.29, 0.717) is 11.8 Å². The van der Waals surface area contributed by atoms with Crippen LogP contribution in [0.3, 0.4) is 0 Å². The molecule has 3 rings (SSSR count). The number of amides is 1. The molecule has 2 N–H and O–H groups in total. The van der Waals surface area contributed by atoms with Crippen LogP contribution < -0.4 is 14.8 Å². The second-order valence-electron chi connectivity index (χ2n) is 5.95. The van der Waals surface area contributed by atoms with Crippen LogP contribution in [0.4, 0.5) is 20.2 Å². The molecule has 0 aliphatic rings. The lowest BCUT2D eigenvalue weighted by Crippen LogP contribution is -2.15. The van der Waals surface area contributed by atoms with Crippen LogP contribution in [-0.2, 0) is 10.0 Å². The maximum atomic E-state index is 13.3. The fourth-order valence-corrected chi connectivity index (χ4v) is 3.68. The number of para-hydroxylation sites is 2. The van der Waals surface area contributed by atoms with Gasteiger partial charge in [0.15, 0.2) is 0 Å². The number of hydrogen-bond acceptors (Lipinski definition) is 4. The Morgan fingerprint density at radius 1 is 0.931 bits per heavy atom. The number of sulfonamides is 1. The second kappa shape index (κ2) is 8.27. The molecule has 0 heterocycles. The monoisotopic (exact) mass is 418 g/mol. The van der Waals surface area contributed by atoms with Gasteiger partial charge in [-0.05, 0) is 42.5 Å². The maximum absolute atomic E-state index is 13.3. The zero-order valence-electron chi connectivity index (χ0n) is 15.1. The Labute approximate surface area is 166 Å². The summed E-state index contributed by atoms with van der Waals surface area (Å²) in [5.74, 6) is -2.23. The summed E-state index contributed by atoms with van der Waals surface area (Å²) in [6, 6.07) is 14.3. The third kappa shape index (κ3) is 4.88. The maximum Gasteiger partial charge on any atom is 0.262 e. The number of hydrogen-bond donors (Lipinski definition) is 2. The third-order valence-electron chi connectivity index (χ3n) is 3.88. The number of methoxy groups -OCH3 is 1. The molecule has 3 aromatic carbocycles. The van der Waals surface area contributed by atoms with Crippen molar-refractivity contribution in [1.29, 1.82) is 0 Å². The van der Waals surface area contributed by atoms with E-state index in [2.05, 4.69) is 10.0 Å². The van der Waals surface area contributed by atoms with Gasteiger partial charge in [-0.1, -0.05) is 18.2 Å². The first-order chi connectivity index (χ1) is 13.8. The van der Waals surface area contributed by atoms with Crippen molar-refractivity contribution in [3.05, 3.63) is 83.9 Å². The van der Waals surface area contributed by atoms with E-state index < -0.39 is 27.6 Å². The van der Waals surface area contributed by atoms with E-state index in [9.17, 15) is 22.0 Å². The van der Waals surface area contributed by atoms with E-state index in [1.807, 2.05) is 0 Å². The Hall–Kier alpha value is -3.46. The minimum absolute atomic E-state index is 0.119. The summed E-state index contributed by atoms with van der Waals surface area (Å²) in [6.07, 6.45) is 0. The standard InChI is InChI=1S/C20H16F2N2O4S/c1-28-19-8-3-2-7-18(19)24-29(26,27)17-6-4-5-16(12-17)23-20(25)13-9-14(21)11-15(22)10-13/h2-12,24H,1H3,(H,23,25). The van der Waals surface area contributed by atoms with Gasteiger partial charge in [-0.3, -0.25) is 9.52 Å². The van der Waals surface area contributed by atoms with Crippen molar-refractivity contribution in [2.45, 2.75) is 4.90 Å². The summed E-state index contributed by atoms with van der Waals surface area (Å²) in [6.45, 7) is 0. The van der Waals surface area contributed by atoms with Gasteiger partial charge in [-0.15, -0.1) is 0 Å². The summed E-state index contributed by atoms with van der Waals surface area (Å²) in [5, 5.41) is 2.42. The van der Waals surface area contributed by atoms with Crippen molar-refractivity contribution in [3.8, 4) is 5.75 Å². The molecule has 6 nitrogen and oxygen atoms in total. The number of ether oxygens (including phenoxy) is 1. The van der Waals surface area contributed by atoms with Crippen molar-refractivity contribution in [2.24, 2.45) is 0 Å². The van der Waals surface area contributed by atoms with Gasteiger partial charge >= 0.3 is 0 Å². The number of carbonyl (C=O) groups is 1. The van der Waals surface area contributed by atoms with Gasteiger partial charge < -0.3 is 10.1 Å². The van der Waals surface area contributed by atoms with Gasteiger partial charge in [0.05, 0.1) is 17.7 Å². The van der Waals surface area contributed by atoms with E-state index >= 15 is 0 Å². The molecule has 0 unspecified atom stereocenters. The second-order valence-corrected chi connectivity index (χ2v) is 7.63. The summed E-state index contributed by atoms with van der Waals surface area (Å²) >= 11 is 0. The predicted octanol–water partition coefficient (Wildman–Crippen LogP) is 4.03. The first-order valence-electron chi connectivity index (χ1n) is 8.32. The molecule has 0 bridgehead atoms. The van der Waals surface area contributed by atoms with E-state index in [4.69, 9.17) is 4.74 Å². The Bertz CT molecular complexity index is 1150. The van der Waals surface area contributed by atoms with Crippen molar-refractivity contribution < 1.29 is 26.7 Å². The smallest absolute Gasteiger partial charge is 0.262 e. The number of carbonyl (C=O) groups excluding carboxylic acids is 1. The molecular weight excluding hydrogens is 402 g/mol. The van der Waals surface area contributed by atoms with E-state index in [1.165, 1.54) is 31.4 Å². The number of halogens is 2. The average molecular weight is 418 g/mol. The van der Waals surface area contributed by atoms with Crippen LogP contribution in [0.1, 0.15) is 10.4 Å². The highest BCUT2D eigenvalue weighted by molar-refractivity contribution is 7.92. The molecule has 0 aromatic heterocycles. The van der Waals surface area contributed by atoms with Crippen LogP contribution in [-0.4, -0.2) is 21.4 Å². The predicted molar refractivity (Wildman–Crippen MR) is 105 cm³/mol. The van der Waals surface area contributed by atoms with Crippen molar-refractivity contribution in [2.75, 3.05) is 17.1 Å². The van der Waals surface area contributed by atoms with E-state index in [-0.39, 0.29) is 21.8 Å². The molecule has 0 spiro atoms. The summed E-state index contributed by atoms with van der Waals surface area (Å²) < 4.78 is 59.5. The molecule has 1 amide bonds. The Kier molecular flexibility index (Phi) is 5.79. The third-order valence-corrected chi connectivity index (χ3v) is 5.24. The minimum atomic E-state index is -3.98. The van der Waals surface area contributed by atoms with Crippen LogP contribution in [0.5, 0.6) is 5.75 Å². The molecule has 0 fully saturated rings. The lowest BCUT2D eigenvalue weighted by Gasteiger charge is -2.12. The van der Waals surface area contributed by atoms with Crippen LogP contribution in [0.2, 0.25) is 0 Å². The van der Waals surface area contributed by atoms with Crippen molar-refractivity contribution in [1.82, 2.24) is 0 Å². The number of benzene rings is 3. The number of nitrogens with one attached hydrogen (secondary N) is 2. The fraction of sp³-hybridized carbons (Fsp3) is 0.0500. The number of rotatable bonds is 6. The highest BCUT2D eigenvalue weighted by Gasteiger charge is 2.18. The van der Waals surface area contributed by atoms with Crippen LogP contribution >= 0.6 is 0 Å². The molecule has 9 heteroatoms. The van der Waals surface area contributed by atoms with Crippen molar-refractivity contribution in [3.63, 3.8) is 0 Å². The summed E-state index contributed by atoms with van der Waals surface area (Å²) in [4.78, 5) is 12.1. The zero-order chi connectivity index (χ0) is 21.0. The van der Waals surface area contributed by atoms with Crippen molar-refractivity contribution >= 4 is 27.3 Å². The molecule has 0 aliphatic carbocycles. The quantitative estimate of drug-likeness (QED) is 0.633. The number of anilines is 2. The topological polar surface area (TPSA) is 84.5 Å². The van der Waals surface area contributed by atoms with Gasteiger partial charge in [-0.2, -0.15) is 0 Å². The first-order valence-corrected chi connectivity index (χ1v) is 9.80. The molecule has 0 radical (unpaired) electrons. The lowest BCUT2D eigenvalue weighted by molar-refractivity contribution is 0.102. The molecule has 150 valence electrons. The van der Waals surface area contributed by atoms with Gasteiger partial charge in [0.2, 0.25) is 0 Å². The molecule has 29 heavy (non-hydrogen) atoms. The first kappa shape index (κ1) is 20.3. The summed E-state index contributed by atoms with van der Waals surface area (Å²) in [7, 11) is -2.57. The molecular formula is C20H16F2N2O4S. The summed E-state index contributed by atoms with van der Waals surface area (Å²) in [5.41, 5.74) is 0.158. The van der Waals surface area contributed by atoms with E-state index in [0.717, 1.165) is 12.1 Å². The Morgan fingerprint density at radius 2 is 1.62 bits per heavy atom. The van der Waals surface area contributed by atoms with Gasteiger partial charge in [0.25, 0.3) is 15.9 Å². The molecule has 0 saturated carbocycles. The fourth-order valence-electron chi connectivity index (χ4n) is 2.56. The SMILES string of the molecule is COc1ccccc1NS(=O)(=O)c1cccc(NC(=O)c2cc(F)cc(F)c2)c1. The lowest BCUT2D eigenvalue weighted by atomic mass is 10.2. The normalized spacial score (nSPS) is 11.0. The Morgan fingerprint density at radius 3 is 2.31 bits per heavy atom. The van der Waals surface area contributed by atoms with E-state index in [1.54, 1.807) is 24.3 Å². The molecule has 0 atom stereocenters.